The largest absolute Gasteiger partial charge is 0.356 e. The first-order valence-corrected chi connectivity index (χ1v) is 13.6. The highest BCUT2D eigenvalue weighted by Gasteiger charge is 2.14. The zero-order valence-electron chi connectivity index (χ0n) is 21.4. The van der Waals surface area contributed by atoms with Crippen LogP contribution in [-0.2, 0) is 4.79 Å². The van der Waals surface area contributed by atoms with Crippen LogP contribution < -0.4 is 5.32 Å². The maximum absolute atomic E-state index is 11.9. The molecule has 30 heavy (non-hydrogen) atoms. The van der Waals surface area contributed by atoms with Crippen LogP contribution in [-0.4, -0.2) is 44.1 Å². The fraction of sp³-hybridized carbons (Fsp3) is 0.963. The van der Waals surface area contributed by atoms with Crippen LogP contribution in [0.15, 0.2) is 0 Å². The first kappa shape index (κ1) is 29.4. The van der Waals surface area contributed by atoms with E-state index in [-0.39, 0.29) is 5.91 Å². The molecular weight excluding hydrogens is 368 g/mol. The smallest absolute Gasteiger partial charge is 0.219 e. The lowest BCUT2D eigenvalue weighted by atomic mass is 10.1. The van der Waals surface area contributed by atoms with E-state index in [1.165, 1.54) is 109 Å². The molecule has 1 N–H and O–H groups in total. The summed E-state index contributed by atoms with van der Waals surface area (Å²) in [5.74, 6) is 0.248. The second-order valence-corrected chi connectivity index (χ2v) is 10.1. The zero-order chi connectivity index (χ0) is 22.3. The predicted molar refractivity (Wildman–Crippen MR) is 134 cm³/mol. The molecule has 0 unspecified atom stereocenters. The standard InChI is InChI=1S/C27H56N2O/c1-5-7-9-11-12-13-14-15-16-17-19-21-25-29(3,4)26-22-24-28-27(30)23-20-18-10-8-6-2/h5-26H2,1-4H3/p+1. The van der Waals surface area contributed by atoms with Crippen molar-refractivity contribution in [3.63, 3.8) is 0 Å². The van der Waals surface area contributed by atoms with E-state index in [4.69, 9.17) is 0 Å². The van der Waals surface area contributed by atoms with Crippen molar-refractivity contribution in [2.24, 2.45) is 0 Å². The summed E-state index contributed by atoms with van der Waals surface area (Å²) in [6.45, 7) is 7.79. The Kier molecular flexibility index (Phi) is 21.2. The first-order chi connectivity index (χ1) is 14.5. The molecule has 0 aromatic carbocycles. The molecule has 0 aromatic heterocycles. The van der Waals surface area contributed by atoms with Gasteiger partial charge in [-0.2, -0.15) is 0 Å². The molecule has 0 aliphatic carbocycles. The molecule has 0 fully saturated rings. The second-order valence-electron chi connectivity index (χ2n) is 10.1. The van der Waals surface area contributed by atoms with Gasteiger partial charge in [-0.3, -0.25) is 4.79 Å². The lowest BCUT2D eigenvalue weighted by Crippen LogP contribution is -2.42. The molecular formula is C27H57N2O+. The Balaban J connectivity index is 3.43. The Morgan fingerprint density at radius 3 is 1.47 bits per heavy atom. The molecule has 0 aliphatic rings. The molecule has 0 rings (SSSR count). The summed E-state index contributed by atoms with van der Waals surface area (Å²) in [5, 5.41) is 3.11. The van der Waals surface area contributed by atoms with E-state index in [1.807, 2.05) is 0 Å². The van der Waals surface area contributed by atoms with Gasteiger partial charge < -0.3 is 9.80 Å². The van der Waals surface area contributed by atoms with E-state index in [0.717, 1.165) is 30.4 Å². The molecule has 0 radical (unpaired) electrons. The van der Waals surface area contributed by atoms with Gasteiger partial charge in [0, 0.05) is 19.4 Å². The van der Waals surface area contributed by atoms with Gasteiger partial charge in [-0.1, -0.05) is 104 Å². The Morgan fingerprint density at radius 2 is 0.967 bits per heavy atom. The van der Waals surface area contributed by atoms with Crippen molar-refractivity contribution in [2.75, 3.05) is 33.7 Å². The van der Waals surface area contributed by atoms with Gasteiger partial charge in [-0.05, 0) is 19.3 Å². The highest BCUT2D eigenvalue weighted by atomic mass is 16.1. The van der Waals surface area contributed by atoms with Gasteiger partial charge >= 0.3 is 0 Å². The van der Waals surface area contributed by atoms with Crippen molar-refractivity contribution in [2.45, 2.75) is 136 Å². The minimum atomic E-state index is 0.248. The molecule has 3 heteroatoms. The van der Waals surface area contributed by atoms with Crippen molar-refractivity contribution >= 4 is 5.91 Å². The Bertz CT molecular complexity index is 368. The molecule has 0 saturated carbocycles. The van der Waals surface area contributed by atoms with Crippen LogP contribution in [0.25, 0.3) is 0 Å². The van der Waals surface area contributed by atoms with Gasteiger partial charge in [0.05, 0.1) is 27.2 Å². The summed E-state index contributed by atoms with van der Waals surface area (Å²) in [6.07, 6.45) is 24.9. The number of nitrogens with one attached hydrogen (secondary N) is 1. The van der Waals surface area contributed by atoms with Crippen LogP contribution in [0.3, 0.4) is 0 Å². The number of nitrogens with zero attached hydrogens (tertiary/aromatic N) is 1. The second kappa shape index (κ2) is 21.7. The normalized spacial score (nSPS) is 11.7. The van der Waals surface area contributed by atoms with Gasteiger partial charge in [0.2, 0.25) is 5.91 Å². The van der Waals surface area contributed by atoms with E-state index >= 15 is 0 Å². The monoisotopic (exact) mass is 425 g/mol. The quantitative estimate of drug-likeness (QED) is 0.132. The molecule has 0 atom stereocenters. The zero-order valence-corrected chi connectivity index (χ0v) is 21.4. The van der Waals surface area contributed by atoms with Gasteiger partial charge in [-0.25, -0.2) is 0 Å². The van der Waals surface area contributed by atoms with Crippen LogP contribution in [0.4, 0.5) is 0 Å². The Morgan fingerprint density at radius 1 is 0.567 bits per heavy atom. The molecule has 0 bridgehead atoms. The van der Waals surface area contributed by atoms with Gasteiger partial charge in [0.15, 0.2) is 0 Å². The predicted octanol–water partition coefficient (Wildman–Crippen LogP) is 7.63. The highest BCUT2D eigenvalue weighted by Crippen LogP contribution is 2.13. The third kappa shape index (κ3) is 22.1. The van der Waals surface area contributed by atoms with E-state index in [2.05, 4.69) is 33.3 Å². The maximum Gasteiger partial charge on any atom is 0.219 e. The van der Waals surface area contributed by atoms with Crippen LogP contribution in [0.1, 0.15) is 136 Å². The molecule has 0 saturated heterocycles. The van der Waals surface area contributed by atoms with Crippen molar-refractivity contribution in [3.8, 4) is 0 Å². The third-order valence-corrected chi connectivity index (χ3v) is 6.39. The summed E-state index contributed by atoms with van der Waals surface area (Å²) in [6, 6.07) is 0. The topological polar surface area (TPSA) is 29.1 Å². The summed E-state index contributed by atoms with van der Waals surface area (Å²) in [5.41, 5.74) is 0. The van der Waals surface area contributed by atoms with Crippen molar-refractivity contribution in [1.29, 1.82) is 0 Å². The Hall–Kier alpha value is -0.570. The lowest BCUT2D eigenvalue weighted by Gasteiger charge is -2.30. The van der Waals surface area contributed by atoms with E-state index in [0.29, 0.717) is 6.42 Å². The summed E-state index contributed by atoms with van der Waals surface area (Å²) in [7, 11) is 4.68. The minimum Gasteiger partial charge on any atom is -0.356 e. The number of unbranched alkanes of at least 4 members (excludes halogenated alkanes) is 15. The van der Waals surface area contributed by atoms with Gasteiger partial charge in [0.1, 0.15) is 0 Å². The number of hydrogen-bond acceptors (Lipinski definition) is 1. The molecule has 180 valence electrons. The van der Waals surface area contributed by atoms with Crippen molar-refractivity contribution in [1.82, 2.24) is 5.32 Å². The summed E-state index contributed by atoms with van der Waals surface area (Å²) >= 11 is 0. The number of quaternary nitrogens is 1. The number of amides is 1. The van der Waals surface area contributed by atoms with Gasteiger partial charge in [0.25, 0.3) is 0 Å². The number of rotatable bonds is 23. The fourth-order valence-electron chi connectivity index (χ4n) is 4.21. The third-order valence-electron chi connectivity index (χ3n) is 6.39. The summed E-state index contributed by atoms with van der Waals surface area (Å²) in [4.78, 5) is 11.9. The highest BCUT2D eigenvalue weighted by molar-refractivity contribution is 5.75. The molecule has 1 amide bonds. The SMILES string of the molecule is CCCCCCCCCCCCCC[N+](C)(C)CCCNC(=O)CCCCCCC. The van der Waals surface area contributed by atoms with Crippen molar-refractivity contribution in [3.05, 3.63) is 0 Å². The fourth-order valence-corrected chi connectivity index (χ4v) is 4.21. The van der Waals surface area contributed by atoms with Gasteiger partial charge in [-0.15, -0.1) is 0 Å². The number of carbonyl (C=O) groups excluding carboxylic acids is 1. The molecule has 3 nitrogen and oxygen atoms in total. The van der Waals surface area contributed by atoms with Crippen molar-refractivity contribution < 1.29 is 9.28 Å². The minimum absolute atomic E-state index is 0.248. The average molecular weight is 426 g/mol. The summed E-state index contributed by atoms with van der Waals surface area (Å²) < 4.78 is 1.09. The molecule has 0 aliphatic heterocycles. The average Bonchev–Trinajstić information content (AvgIpc) is 2.72. The lowest BCUT2D eigenvalue weighted by molar-refractivity contribution is -0.890. The van der Waals surface area contributed by atoms with Crippen LogP contribution in [0.5, 0.6) is 0 Å². The molecule has 0 heterocycles. The number of carbonyl (C=O) groups is 1. The van der Waals surface area contributed by atoms with E-state index < -0.39 is 0 Å². The maximum atomic E-state index is 11.9. The number of hydrogen-bond donors (Lipinski definition) is 1. The van der Waals surface area contributed by atoms with E-state index in [9.17, 15) is 4.79 Å². The Labute approximate surface area is 190 Å². The molecule has 0 spiro atoms. The first-order valence-electron chi connectivity index (χ1n) is 13.6. The molecule has 0 aromatic rings. The van der Waals surface area contributed by atoms with E-state index in [1.54, 1.807) is 0 Å². The van der Waals surface area contributed by atoms with Crippen LogP contribution in [0.2, 0.25) is 0 Å². The van der Waals surface area contributed by atoms with Crippen LogP contribution in [0, 0.1) is 0 Å². The van der Waals surface area contributed by atoms with Crippen LogP contribution >= 0.6 is 0 Å².